The van der Waals surface area contributed by atoms with Crippen LogP contribution in [0, 0.1) is 0 Å². The third-order valence-electron chi connectivity index (χ3n) is 3.77. The maximum absolute atomic E-state index is 12.3. The van der Waals surface area contributed by atoms with Crippen molar-refractivity contribution in [3.63, 3.8) is 0 Å². The summed E-state index contributed by atoms with van der Waals surface area (Å²) in [6.45, 7) is 2.11. The average Bonchev–Trinajstić information content (AvgIpc) is 2.57. The van der Waals surface area contributed by atoms with Crippen LogP contribution < -0.4 is 10.2 Å². The summed E-state index contributed by atoms with van der Waals surface area (Å²) in [5.74, 6) is -0.118. The third-order valence-corrected chi connectivity index (χ3v) is 3.77. The number of nitrogens with zero attached hydrogens (tertiary/aromatic N) is 2. The van der Waals surface area contributed by atoms with Crippen LogP contribution in [0.15, 0.2) is 48.8 Å². The second-order valence-corrected chi connectivity index (χ2v) is 5.26. The second-order valence-electron chi connectivity index (χ2n) is 5.26. The maximum Gasteiger partial charge on any atom is 0.257 e. The molecule has 1 amide bonds. The van der Waals surface area contributed by atoms with Gasteiger partial charge in [-0.1, -0.05) is 12.1 Å². The van der Waals surface area contributed by atoms with E-state index in [1.807, 2.05) is 18.2 Å². The molecule has 0 radical (unpaired) electrons. The predicted molar refractivity (Wildman–Crippen MR) is 84.7 cm³/mol. The molecule has 21 heavy (non-hydrogen) atoms. The zero-order chi connectivity index (χ0) is 14.5. The summed E-state index contributed by atoms with van der Waals surface area (Å²) in [6, 6.07) is 11.5. The third kappa shape index (κ3) is 3.21. The number of pyridine rings is 1. The first-order valence-electron chi connectivity index (χ1n) is 7.40. The summed E-state index contributed by atoms with van der Waals surface area (Å²) in [6.07, 6.45) is 6.97. The minimum Gasteiger partial charge on any atom is -0.370 e. The van der Waals surface area contributed by atoms with Crippen LogP contribution in [0.5, 0.6) is 0 Å². The molecule has 4 heteroatoms. The lowest BCUT2D eigenvalue weighted by atomic mass is 10.1. The molecular weight excluding hydrogens is 262 g/mol. The van der Waals surface area contributed by atoms with E-state index in [9.17, 15) is 4.79 Å². The lowest BCUT2D eigenvalue weighted by Gasteiger charge is -2.30. The van der Waals surface area contributed by atoms with E-state index in [1.165, 1.54) is 19.3 Å². The molecule has 1 aromatic carbocycles. The van der Waals surface area contributed by atoms with Crippen LogP contribution in [0.2, 0.25) is 0 Å². The summed E-state index contributed by atoms with van der Waals surface area (Å²) in [4.78, 5) is 18.6. The number of benzene rings is 1. The monoisotopic (exact) mass is 281 g/mol. The van der Waals surface area contributed by atoms with E-state index in [-0.39, 0.29) is 5.91 Å². The van der Waals surface area contributed by atoms with Gasteiger partial charge in [-0.2, -0.15) is 0 Å². The van der Waals surface area contributed by atoms with Gasteiger partial charge in [0.2, 0.25) is 0 Å². The van der Waals surface area contributed by atoms with E-state index in [2.05, 4.69) is 21.3 Å². The van der Waals surface area contributed by atoms with Gasteiger partial charge in [-0.3, -0.25) is 9.78 Å². The highest BCUT2D eigenvalue weighted by Gasteiger charge is 2.15. The standard InChI is InChI=1S/C17H19N3O/c21-17(14-7-6-10-18-13-14)19-15-8-2-3-9-16(15)20-11-4-1-5-12-20/h2-3,6-10,13H,1,4-5,11-12H2,(H,19,21). The number of hydrogen-bond donors (Lipinski definition) is 1. The summed E-state index contributed by atoms with van der Waals surface area (Å²) in [5.41, 5.74) is 2.55. The SMILES string of the molecule is O=C(Nc1ccccc1N1CCCCC1)c1cccnc1. The van der Waals surface area contributed by atoms with Gasteiger partial charge < -0.3 is 10.2 Å². The molecule has 3 rings (SSSR count). The van der Waals surface area contributed by atoms with Crippen LogP contribution in [0.4, 0.5) is 11.4 Å². The lowest BCUT2D eigenvalue weighted by Crippen LogP contribution is -2.30. The van der Waals surface area contributed by atoms with Gasteiger partial charge >= 0.3 is 0 Å². The van der Waals surface area contributed by atoms with Gasteiger partial charge in [0, 0.05) is 25.5 Å². The zero-order valence-electron chi connectivity index (χ0n) is 12.0. The molecule has 1 saturated heterocycles. The topological polar surface area (TPSA) is 45.2 Å². The van der Waals surface area contributed by atoms with Crippen LogP contribution in [0.25, 0.3) is 0 Å². The van der Waals surface area contributed by atoms with Crippen molar-refractivity contribution < 1.29 is 4.79 Å². The van der Waals surface area contributed by atoms with Crippen LogP contribution in [-0.4, -0.2) is 24.0 Å². The highest BCUT2D eigenvalue weighted by atomic mass is 16.1. The van der Waals surface area contributed by atoms with Crippen LogP contribution in [-0.2, 0) is 0 Å². The Labute approximate surface area is 124 Å². The van der Waals surface area contributed by atoms with E-state index in [0.717, 1.165) is 24.5 Å². The van der Waals surface area contributed by atoms with Crippen molar-refractivity contribution in [3.05, 3.63) is 54.4 Å². The van der Waals surface area contributed by atoms with Gasteiger partial charge in [0.05, 0.1) is 16.9 Å². The molecule has 1 fully saturated rings. The summed E-state index contributed by atoms with van der Waals surface area (Å²) in [5, 5.41) is 3.00. The Hall–Kier alpha value is -2.36. The first-order chi connectivity index (χ1) is 10.3. The molecule has 0 spiro atoms. The minimum atomic E-state index is -0.118. The van der Waals surface area contributed by atoms with E-state index >= 15 is 0 Å². The molecule has 1 aliphatic rings. The number of hydrogen-bond acceptors (Lipinski definition) is 3. The fraction of sp³-hybridized carbons (Fsp3) is 0.294. The van der Waals surface area contributed by atoms with Crippen LogP contribution >= 0.6 is 0 Å². The van der Waals surface area contributed by atoms with E-state index in [0.29, 0.717) is 5.56 Å². The van der Waals surface area contributed by atoms with E-state index < -0.39 is 0 Å². The number of piperidine rings is 1. The molecule has 0 atom stereocenters. The van der Waals surface area contributed by atoms with Crippen molar-refractivity contribution >= 4 is 17.3 Å². The molecule has 1 N–H and O–H groups in total. The van der Waals surface area contributed by atoms with Gasteiger partial charge in [-0.25, -0.2) is 0 Å². The maximum atomic E-state index is 12.3. The second kappa shape index (κ2) is 6.39. The Morgan fingerprint density at radius 3 is 2.62 bits per heavy atom. The summed E-state index contributed by atoms with van der Waals surface area (Å²) in [7, 11) is 0. The van der Waals surface area contributed by atoms with E-state index in [4.69, 9.17) is 0 Å². The number of aromatic nitrogens is 1. The van der Waals surface area contributed by atoms with Crippen molar-refractivity contribution in [2.75, 3.05) is 23.3 Å². The zero-order valence-corrected chi connectivity index (χ0v) is 12.0. The van der Waals surface area contributed by atoms with E-state index in [1.54, 1.807) is 24.5 Å². The summed E-state index contributed by atoms with van der Waals surface area (Å²) < 4.78 is 0. The first kappa shape index (κ1) is 13.6. The van der Waals surface area contributed by atoms with Crippen molar-refractivity contribution in [3.8, 4) is 0 Å². The number of anilines is 2. The Bertz CT molecular complexity index is 606. The van der Waals surface area contributed by atoms with Crippen molar-refractivity contribution in [2.45, 2.75) is 19.3 Å². The molecule has 0 unspecified atom stereocenters. The Morgan fingerprint density at radius 2 is 1.86 bits per heavy atom. The quantitative estimate of drug-likeness (QED) is 0.938. The fourth-order valence-corrected chi connectivity index (χ4v) is 2.68. The number of carbonyl (C=O) groups excluding carboxylic acids is 1. The fourth-order valence-electron chi connectivity index (χ4n) is 2.68. The van der Waals surface area contributed by atoms with Gasteiger partial charge in [-0.15, -0.1) is 0 Å². The molecule has 0 saturated carbocycles. The molecule has 1 aromatic heterocycles. The molecule has 0 aliphatic carbocycles. The first-order valence-corrected chi connectivity index (χ1v) is 7.40. The molecule has 4 nitrogen and oxygen atoms in total. The highest BCUT2D eigenvalue weighted by Crippen LogP contribution is 2.28. The Balaban J connectivity index is 1.80. The van der Waals surface area contributed by atoms with Gasteiger partial charge in [-0.05, 0) is 43.5 Å². The van der Waals surface area contributed by atoms with Gasteiger partial charge in [0.15, 0.2) is 0 Å². The molecular formula is C17H19N3O. The van der Waals surface area contributed by atoms with Crippen molar-refractivity contribution in [2.24, 2.45) is 0 Å². The number of amides is 1. The van der Waals surface area contributed by atoms with Crippen molar-refractivity contribution in [1.82, 2.24) is 4.98 Å². The minimum absolute atomic E-state index is 0.118. The van der Waals surface area contributed by atoms with Gasteiger partial charge in [0.25, 0.3) is 5.91 Å². The molecule has 108 valence electrons. The van der Waals surface area contributed by atoms with Crippen LogP contribution in [0.3, 0.4) is 0 Å². The number of rotatable bonds is 3. The largest absolute Gasteiger partial charge is 0.370 e. The Kier molecular flexibility index (Phi) is 4.15. The predicted octanol–water partition coefficient (Wildman–Crippen LogP) is 3.32. The number of carbonyl (C=O) groups is 1. The molecule has 2 heterocycles. The molecule has 1 aliphatic heterocycles. The highest BCUT2D eigenvalue weighted by molar-refractivity contribution is 6.05. The van der Waals surface area contributed by atoms with Crippen molar-refractivity contribution in [1.29, 1.82) is 0 Å². The number of nitrogens with one attached hydrogen (secondary N) is 1. The smallest absolute Gasteiger partial charge is 0.257 e. The average molecular weight is 281 g/mol. The Morgan fingerprint density at radius 1 is 1.05 bits per heavy atom. The molecule has 0 bridgehead atoms. The summed E-state index contributed by atoms with van der Waals surface area (Å²) >= 11 is 0. The van der Waals surface area contributed by atoms with Gasteiger partial charge in [0.1, 0.15) is 0 Å². The normalized spacial score (nSPS) is 14.8. The van der Waals surface area contributed by atoms with Crippen LogP contribution in [0.1, 0.15) is 29.6 Å². The molecule has 2 aromatic rings. The lowest BCUT2D eigenvalue weighted by molar-refractivity contribution is 0.102. The number of para-hydroxylation sites is 2.